The standard InChI is InChI=1S/C8H15ClN2O5S/c1-17(15,16)5-2-6(7(12)13)11-8(14)10-4-3-9/h6H,2-5H2,1H3,(H,12,13)(H2,10,11,14). The Bertz CT molecular complexity index is 370. The lowest BCUT2D eigenvalue weighted by Crippen LogP contribution is -2.47. The first kappa shape index (κ1) is 16.0. The number of nitrogens with one attached hydrogen (secondary N) is 2. The van der Waals surface area contributed by atoms with Crippen molar-refractivity contribution in [3.63, 3.8) is 0 Å². The van der Waals surface area contributed by atoms with E-state index in [4.69, 9.17) is 16.7 Å². The molecule has 0 aromatic carbocycles. The fourth-order valence-electron chi connectivity index (χ4n) is 0.959. The molecule has 17 heavy (non-hydrogen) atoms. The number of halogens is 1. The summed E-state index contributed by atoms with van der Waals surface area (Å²) in [5.41, 5.74) is 0. The minimum absolute atomic E-state index is 0.178. The molecule has 7 nitrogen and oxygen atoms in total. The molecule has 0 aliphatic heterocycles. The second kappa shape index (κ2) is 7.33. The molecule has 100 valence electrons. The first-order valence-electron chi connectivity index (χ1n) is 4.77. The number of hydrogen-bond donors (Lipinski definition) is 3. The van der Waals surface area contributed by atoms with E-state index in [0.717, 1.165) is 6.26 Å². The highest BCUT2D eigenvalue weighted by atomic mass is 35.5. The highest BCUT2D eigenvalue weighted by molar-refractivity contribution is 7.90. The quantitative estimate of drug-likeness (QED) is 0.542. The largest absolute Gasteiger partial charge is 0.480 e. The van der Waals surface area contributed by atoms with Gasteiger partial charge in [-0.05, 0) is 6.42 Å². The van der Waals surface area contributed by atoms with Crippen molar-refractivity contribution in [1.29, 1.82) is 0 Å². The Balaban J connectivity index is 4.25. The number of urea groups is 1. The molecular weight excluding hydrogens is 272 g/mol. The number of aliphatic carboxylic acids is 1. The molecule has 0 spiro atoms. The van der Waals surface area contributed by atoms with E-state index < -0.39 is 27.9 Å². The topological polar surface area (TPSA) is 113 Å². The van der Waals surface area contributed by atoms with Gasteiger partial charge in [0.05, 0.1) is 5.75 Å². The van der Waals surface area contributed by atoms with E-state index in [2.05, 4.69) is 10.6 Å². The van der Waals surface area contributed by atoms with Crippen LogP contribution >= 0.6 is 11.6 Å². The summed E-state index contributed by atoms with van der Waals surface area (Å²) in [6.45, 7) is 0.200. The summed E-state index contributed by atoms with van der Waals surface area (Å²) >= 11 is 5.33. The zero-order valence-corrected chi connectivity index (χ0v) is 10.8. The lowest BCUT2D eigenvalue weighted by molar-refractivity contribution is -0.139. The molecule has 0 bridgehead atoms. The third kappa shape index (κ3) is 8.75. The molecule has 0 heterocycles. The van der Waals surface area contributed by atoms with E-state index in [-0.39, 0.29) is 24.6 Å². The zero-order chi connectivity index (χ0) is 13.5. The van der Waals surface area contributed by atoms with Gasteiger partial charge in [-0.3, -0.25) is 0 Å². The molecule has 0 saturated carbocycles. The molecule has 0 aliphatic rings. The van der Waals surface area contributed by atoms with E-state index in [1.165, 1.54) is 0 Å². The van der Waals surface area contributed by atoms with Gasteiger partial charge in [0.15, 0.2) is 0 Å². The summed E-state index contributed by atoms with van der Waals surface area (Å²) in [7, 11) is -3.26. The molecule has 1 atom stereocenters. The molecule has 0 fully saturated rings. The average Bonchev–Trinajstić information content (AvgIpc) is 2.19. The van der Waals surface area contributed by atoms with Crippen molar-refractivity contribution in [3.05, 3.63) is 0 Å². The van der Waals surface area contributed by atoms with Crippen LogP contribution in [0.1, 0.15) is 6.42 Å². The van der Waals surface area contributed by atoms with Gasteiger partial charge in [-0.25, -0.2) is 18.0 Å². The number of hydrogen-bond acceptors (Lipinski definition) is 4. The van der Waals surface area contributed by atoms with Crippen LogP contribution in [0.3, 0.4) is 0 Å². The summed E-state index contributed by atoms with van der Waals surface area (Å²) in [5.74, 6) is -1.39. The van der Waals surface area contributed by atoms with Gasteiger partial charge in [0.25, 0.3) is 0 Å². The minimum atomic E-state index is -3.26. The van der Waals surface area contributed by atoms with Gasteiger partial charge < -0.3 is 15.7 Å². The maximum atomic E-state index is 11.1. The monoisotopic (exact) mass is 286 g/mol. The van der Waals surface area contributed by atoms with Crippen LogP contribution in [-0.2, 0) is 14.6 Å². The van der Waals surface area contributed by atoms with Crippen molar-refractivity contribution in [2.75, 3.05) is 24.4 Å². The normalized spacial score (nSPS) is 12.8. The number of alkyl halides is 1. The van der Waals surface area contributed by atoms with E-state index >= 15 is 0 Å². The van der Waals surface area contributed by atoms with Gasteiger partial charge in [-0.2, -0.15) is 0 Å². The van der Waals surface area contributed by atoms with E-state index in [1.54, 1.807) is 0 Å². The molecule has 0 aliphatic carbocycles. The molecule has 9 heteroatoms. The Morgan fingerprint density at radius 1 is 1.41 bits per heavy atom. The molecule has 0 aromatic rings. The first-order chi connectivity index (χ1) is 7.76. The predicted molar refractivity (Wildman–Crippen MR) is 63.0 cm³/mol. The Kier molecular flexibility index (Phi) is 6.89. The van der Waals surface area contributed by atoms with Crippen molar-refractivity contribution < 1.29 is 23.1 Å². The van der Waals surface area contributed by atoms with E-state index in [9.17, 15) is 18.0 Å². The number of rotatable bonds is 7. The van der Waals surface area contributed by atoms with Gasteiger partial charge in [0.1, 0.15) is 15.9 Å². The van der Waals surface area contributed by atoms with Crippen LogP contribution in [0.5, 0.6) is 0 Å². The third-order valence-corrected chi connectivity index (χ3v) is 2.93. The lowest BCUT2D eigenvalue weighted by Gasteiger charge is -2.14. The molecule has 0 rings (SSSR count). The number of carboxylic acids is 1. The van der Waals surface area contributed by atoms with Crippen LogP contribution in [-0.4, -0.2) is 56.0 Å². The van der Waals surface area contributed by atoms with Gasteiger partial charge in [0, 0.05) is 18.7 Å². The second-order valence-electron chi connectivity index (χ2n) is 3.40. The number of sulfone groups is 1. The Hall–Kier alpha value is -1.02. The molecule has 0 saturated heterocycles. The third-order valence-electron chi connectivity index (χ3n) is 1.76. The van der Waals surface area contributed by atoms with Crippen LogP contribution in [0.4, 0.5) is 4.79 Å². The summed E-state index contributed by atoms with van der Waals surface area (Å²) in [6.07, 6.45) is 0.821. The van der Waals surface area contributed by atoms with Gasteiger partial charge in [-0.1, -0.05) is 0 Å². The highest BCUT2D eigenvalue weighted by Gasteiger charge is 2.21. The van der Waals surface area contributed by atoms with Crippen molar-refractivity contribution in [1.82, 2.24) is 10.6 Å². The van der Waals surface area contributed by atoms with Crippen LogP contribution in [0.15, 0.2) is 0 Å². The molecule has 0 radical (unpaired) electrons. The fourth-order valence-corrected chi connectivity index (χ4v) is 1.72. The van der Waals surface area contributed by atoms with E-state index in [1.807, 2.05) is 0 Å². The number of carbonyl (C=O) groups is 2. The summed E-state index contributed by atoms with van der Waals surface area (Å²) in [6, 6.07) is -1.92. The second-order valence-corrected chi connectivity index (χ2v) is 6.04. The van der Waals surface area contributed by atoms with Crippen LogP contribution < -0.4 is 10.6 Å². The van der Waals surface area contributed by atoms with Crippen LogP contribution in [0.2, 0.25) is 0 Å². The molecule has 3 N–H and O–H groups in total. The van der Waals surface area contributed by atoms with Crippen molar-refractivity contribution in [2.24, 2.45) is 0 Å². The van der Waals surface area contributed by atoms with Crippen LogP contribution in [0, 0.1) is 0 Å². The smallest absolute Gasteiger partial charge is 0.326 e. The molecular formula is C8H15ClN2O5S. The highest BCUT2D eigenvalue weighted by Crippen LogP contribution is 1.97. The van der Waals surface area contributed by atoms with Crippen molar-refractivity contribution >= 4 is 33.4 Å². The molecule has 1 unspecified atom stereocenters. The molecule has 2 amide bonds. The van der Waals surface area contributed by atoms with Crippen molar-refractivity contribution in [2.45, 2.75) is 12.5 Å². The Labute approximate surface area is 104 Å². The first-order valence-corrected chi connectivity index (χ1v) is 7.36. The summed E-state index contributed by atoms with van der Waals surface area (Å²) in [5, 5.41) is 13.3. The summed E-state index contributed by atoms with van der Waals surface area (Å²) in [4.78, 5) is 21.9. The predicted octanol–water partition coefficient (Wildman–Crippen LogP) is -0.588. The Morgan fingerprint density at radius 3 is 2.41 bits per heavy atom. The average molecular weight is 287 g/mol. The van der Waals surface area contributed by atoms with Crippen molar-refractivity contribution in [3.8, 4) is 0 Å². The van der Waals surface area contributed by atoms with Gasteiger partial charge >= 0.3 is 12.0 Å². The lowest BCUT2D eigenvalue weighted by atomic mass is 10.2. The number of amides is 2. The number of carbonyl (C=O) groups excluding carboxylic acids is 1. The number of carboxylic acid groups (broad SMARTS) is 1. The van der Waals surface area contributed by atoms with Gasteiger partial charge in [-0.15, -0.1) is 11.6 Å². The van der Waals surface area contributed by atoms with E-state index in [0.29, 0.717) is 0 Å². The fraction of sp³-hybridized carbons (Fsp3) is 0.750. The SMILES string of the molecule is CS(=O)(=O)CCC(NC(=O)NCCCl)C(=O)O. The maximum absolute atomic E-state index is 11.1. The zero-order valence-electron chi connectivity index (χ0n) is 9.27. The minimum Gasteiger partial charge on any atom is -0.480 e. The maximum Gasteiger partial charge on any atom is 0.326 e. The molecule has 0 aromatic heterocycles. The Morgan fingerprint density at radius 2 is 2.00 bits per heavy atom. The summed E-state index contributed by atoms with van der Waals surface area (Å²) < 4.78 is 21.8. The van der Waals surface area contributed by atoms with Crippen LogP contribution in [0.25, 0.3) is 0 Å². The van der Waals surface area contributed by atoms with Gasteiger partial charge in [0.2, 0.25) is 0 Å².